The van der Waals surface area contributed by atoms with Crippen LogP contribution in [0.1, 0.15) is 104 Å². The first-order valence-corrected chi connectivity index (χ1v) is 21.6. The molecule has 0 bridgehead atoms. The number of amides is 8. The van der Waals surface area contributed by atoms with Crippen molar-refractivity contribution in [3.8, 4) is 0 Å². The number of urea groups is 1. The van der Waals surface area contributed by atoms with Crippen molar-refractivity contribution >= 4 is 59.1 Å². The molecule has 2 aliphatic heterocycles. The van der Waals surface area contributed by atoms with Crippen LogP contribution in [0.3, 0.4) is 0 Å². The number of likely N-dealkylation sites (tertiary alicyclic amines) is 1. The Bertz CT molecular complexity index is 1560. The molecule has 3 atom stereocenters. The van der Waals surface area contributed by atoms with Crippen molar-refractivity contribution in [2.24, 2.45) is 11.7 Å². The van der Waals surface area contributed by atoms with E-state index >= 15 is 0 Å². The Kier molecular flexibility index (Phi) is 19.8. The number of hydrogen-bond donors (Lipinski definition) is 5. The number of ether oxygens (including phenoxy) is 1. The molecule has 8 amide bonds. The number of thioether (sulfide) groups is 1. The monoisotopic (exact) mass is 830 g/mol. The molecule has 0 saturated carbocycles. The van der Waals surface area contributed by atoms with Gasteiger partial charge in [0.05, 0.1) is 5.25 Å². The minimum absolute atomic E-state index is 0.0512. The maximum Gasteiger partial charge on any atom is 0.410 e. The van der Waals surface area contributed by atoms with E-state index in [1.54, 1.807) is 54.8 Å². The number of imide groups is 1. The second-order valence-corrected chi connectivity index (χ2v) is 17.6. The first kappa shape index (κ1) is 48.0. The summed E-state index contributed by atoms with van der Waals surface area (Å²) in [6, 6.07) is 4.21. The third-order valence-corrected chi connectivity index (χ3v) is 12.6. The maximum atomic E-state index is 13.6. The SMILES string of the molecule is CCC(C)(CC)SC1CC(=O)N(CCCCCC(=O)N[C@H](C(=O)N[C@@H](CCCNC(N)=O)C(=O)Nc2ccc(COC(=O)N3CCCN(C)CC3)cc2)C(C)C)C1=O. The van der Waals surface area contributed by atoms with Crippen LogP contribution >= 0.6 is 11.8 Å². The van der Waals surface area contributed by atoms with Crippen LogP contribution in [-0.4, -0.2) is 125 Å². The number of nitrogens with one attached hydrogen (secondary N) is 4. The normalized spacial score (nSPS) is 17.4. The van der Waals surface area contributed by atoms with Crippen molar-refractivity contribution in [3.05, 3.63) is 29.8 Å². The predicted octanol–water partition coefficient (Wildman–Crippen LogP) is 3.97. The Morgan fingerprint density at radius 1 is 0.931 bits per heavy atom. The van der Waals surface area contributed by atoms with E-state index in [-0.39, 0.29) is 72.1 Å². The predicted molar refractivity (Wildman–Crippen MR) is 225 cm³/mol. The molecular formula is C41H66N8O8S. The second-order valence-electron chi connectivity index (χ2n) is 15.8. The zero-order chi connectivity index (χ0) is 42.8. The van der Waals surface area contributed by atoms with Crippen molar-refractivity contribution in [3.63, 3.8) is 0 Å². The Labute approximate surface area is 347 Å². The van der Waals surface area contributed by atoms with Gasteiger partial charge in [0.1, 0.15) is 18.7 Å². The number of carbonyl (C=O) groups excluding carboxylic acids is 7. The Morgan fingerprint density at radius 3 is 2.29 bits per heavy atom. The van der Waals surface area contributed by atoms with E-state index in [1.807, 2.05) is 7.05 Å². The lowest BCUT2D eigenvalue weighted by molar-refractivity contribution is -0.138. The number of anilines is 1. The van der Waals surface area contributed by atoms with Gasteiger partial charge < -0.3 is 41.5 Å². The Hall–Kier alpha value is -4.38. The van der Waals surface area contributed by atoms with Crippen LogP contribution in [0, 0.1) is 5.92 Å². The van der Waals surface area contributed by atoms with Gasteiger partial charge >= 0.3 is 12.1 Å². The lowest BCUT2D eigenvalue weighted by Gasteiger charge is -2.28. The number of rotatable bonds is 22. The quantitative estimate of drug-likeness (QED) is 0.0838. The highest BCUT2D eigenvalue weighted by atomic mass is 32.2. The molecule has 0 radical (unpaired) electrons. The maximum absolute atomic E-state index is 13.6. The summed E-state index contributed by atoms with van der Waals surface area (Å²) in [4.78, 5) is 94.7. The Balaban J connectivity index is 1.50. The van der Waals surface area contributed by atoms with Gasteiger partial charge in [0.2, 0.25) is 29.5 Å². The zero-order valence-corrected chi connectivity index (χ0v) is 36.0. The van der Waals surface area contributed by atoms with Crippen LogP contribution in [-0.2, 0) is 35.3 Å². The van der Waals surface area contributed by atoms with E-state index in [4.69, 9.17) is 10.5 Å². The van der Waals surface area contributed by atoms with E-state index in [2.05, 4.69) is 46.9 Å². The molecule has 0 aromatic heterocycles. The number of nitrogens with zero attached hydrogens (tertiary/aromatic N) is 3. The van der Waals surface area contributed by atoms with E-state index in [1.165, 1.54) is 4.90 Å². The zero-order valence-electron chi connectivity index (χ0n) is 35.2. The standard InChI is InChI=1S/C41H66N8O8S/c1-7-41(5,8-2)58-32-26-34(51)49(38(32)54)23-11-9-10-15-33(50)46-35(28(3)4)37(53)45-31(14-12-20-43-39(42)55)36(52)44-30-18-16-29(17-19-30)27-57-40(56)48-22-13-21-47(6)24-25-48/h16-19,28,31-32,35H,7-15,20-27H2,1-6H3,(H,44,52)(H,45,53)(H,46,50)(H3,42,43,55)/t31-,32?,35-/m0/s1. The molecule has 324 valence electrons. The minimum atomic E-state index is -1.000. The number of unbranched alkanes of at least 4 members (excludes halogenated alkanes) is 2. The summed E-state index contributed by atoms with van der Waals surface area (Å²) in [6.07, 6.45) is 4.91. The number of benzene rings is 1. The van der Waals surface area contributed by atoms with Gasteiger partial charge in [-0.1, -0.05) is 53.2 Å². The van der Waals surface area contributed by atoms with Crippen molar-refractivity contribution in [2.75, 3.05) is 51.6 Å². The molecule has 6 N–H and O–H groups in total. The third-order valence-electron chi connectivity index (χ3n) is 10.8. The molecule has 0 spiro atoms. The molecule has 1 unspecified atom stereocenters. The molecule has 1 aromatic carbocycles. The highest BCUT2D eigenvalue weighted by Crippen LogP contribution is 2.39. The molecule has 58 heavy (non-hydrogen) atoms. The van der Waals surface area contributed by atoms with Gasteiger partial charge in [-0.2, -0.15) is 0 Å². The van der Waals surface area contributed by atoms with Gasteiger partial charge in [0.15, 0.2) is 0 Å². The van der Waals surface area contributed by atoms with Crippen molar-refractivity contribution in [1.82, 2.24) is 30.7 Å². The van der Waals surface area contributed by atoms with E-state index in [0.717, 1.165) is 37.9 Å². The molecule has 2 heterocycles. The summed E-state index contributed by atoms with van der Waals surface area (Å²) in [5.41, 5.74) is 6.40. The summed E-state index contributed by atoms with van der Waals surface area (Å²) in [7, 11) is 2.03. The van der Waals surface area contributed by atoms with Gasteiger partial charge in [-0.15, -0.1) is 11.8 Å². The number of nitrogens with two attached hydrogens (primary N) is 1. The highest BCUT2D eigenvalue weighted by molar-refractivity contribution is 8.02. The first-order valence-electron chi connectivity index (χ1n) is 20.7. The summed E-state index contributed by atoms with van der Waals surface area (Å²) < 4.78 is 5.47. The largest absolute Gasteiger partial charge is 0.445 e. The van der Waals surface area contributed by atoms with Crippen molar-refractivity contribution < 1.29 is 38.3 Å². The minimum Gasteiger partial charge on any atom is -0.445 e. The number of primary amides is 1. The van der Waals surface area contributed by atoms with Crippen molar-refractivity contribution in [1.29, 1.82) is 0 Å². The fourth-order valence-corrected chi connectivity index (χ4v) is 8.15. The molecule has 2 fully saturated rings. The lowest BCUT2D eigenvalue weighted by atomic mass is 10.0. The molecule has 2 aliphatic rings. The third kappa shape index (κ3) is 15.8. The Morgan fingerprint density at radius 2 is 1.64 bits per heavy atom. The molecule has 0 aliphatic carbocycles. The molecule has 2 saturated heterocycles. The van der Waals surface area contributed by atoms with E-state index < -0.39 is 29.9 Å². The number of hydrogen-bond acceptors (Lipinski definition) is 10. The average Bonchev–Trinajstić information content (AvgIpc) is 3.30. The van der Waals surface area contributed by atoms with Crippen molar-refractivity contribution in [2.45, 2.75) is 128 Å². The fourth-order valence-electron chi connectivity index (χ4n) is 6.68. The van der Waals surface area contributed by atoms with E-state index in [9.17, 15) is 33.6 Å². The van der Waals surface area contributed by atoms with Gasteiger partial charge in [0, 0.05) is 56.0 Å². The molecule has 17 heteroatoms. The van der Waals surface area contributed by atoms with Gasteiger partial charge in [-0.05, 0) is 82.2 Å². The van der Waals surface area contributed by atoms with Crippen LogP contribution in [0.4, 0.5) is 15.3 Å². The number of carbonyl (C=O) groups is 7. The summed E-state index contributed by atoms with van der Waals surface area (Å²) in [6.45, 7) is 13.4. The highest BCUT2D eigenvalue weighted by Gasteiger charge is 2.41. The van der Waals surface area contributed by atoms with Crippen LogP contribution in [0.15, 0.2) is 24.3 Å². The van der Waals surface area contributed by atoms with Gasteiger partial charge in [-0.25, -0.2) is 9.59 Å². The second kappa shape index (κ2) is 23.9. The average molecular weight is 831 g/mol. The topological polar surface area (TPSA) is 213 Å². The lowest BCUT2D eigenvalue weighted by Crippen LogP contribution is -2.54. The molecule has 1 aromatic rings. The van der Waals surface area contributed by atoms with Gasteiger partial charge in [-0.3, -0.25) is 28.9 Å². The summed E-state index contributed by atoms with van der Waals surface area (Å²) >= 11 is 1.59. The first-order chi connectivity index (χ1) is 27.5. The van der Waals surface area contributed by atoms with Crippen LogP contribution < -0.4 is 27.0 Å². The van der Waals surface area contributed by atoms with Crippen LogP contribution in [0.5, 0.6) is 0 Å². The fraction of sp³-hybridized carbons (Fsp3) is 0.683. The van der Waals surface area contributed by atoms with E-state index in [0.29, 0.717) is 51.0 Å². The summed E-state index contributed by atoms with van der Waals surface area (Å²) in [5.74, 6) is -1.93. The van der Waals surface area contributed by atoms with Crippen LogP contribution in [0.2, 0.25) is 0 Å². The summed E-state index contributed by atoms with van der Waals surface area (Å²) in [5, 5.41) is 10.6. The molecular weight excluding hydrogens is 765 g/mol. The molecule has 3 rings (SSSR count). The smallest absolute Gasteiger partial charge is 0.410 e. The van der Waals surface area contributed by atoms with Gasteiger partial charge in [0.25, 0.3) is 0 Å². The number of likely N-dealkylation sites (N-methyl/N-ethyl adjacent to an activating group) is 1. The molecule has 16 nitrogen and oxygen atoms in total. The van der Waals surface area contributed by atoms with Crippen LogP contribution in [0.25, 0.3) is 0 Å².